The lowest BCUT2D eigenvalue weighted by atomic mass is 9.95. The Morgan fingerprint density at radius 3 is 1.73 bits per heavy atom. The van der Waals surface area contributed by atoms with E-state index in [-0.39, 0.29) is 11.6 Å². The number of benzene rings is 3. The highest BCUT2D eigenvalue weighted by molar-refractivity contribution is 5.64. The molecule has 0 bridgehead atoms. The Kier molecular flexibility index (Phi) is 4.52. The van der Waals surface area contributed by atoms with E-state index in [0.717, 1.165) is 17.7 Å². The first kappa shape index (κ1) is 18.0. The van der Waals surface area contributed by atoms with Gasteiger partial charge < -0.3 is 0 Å². The number of rotatable bonds is 3. The van der Waals surface area contributed by atoms with Crippen LogP contribution in [0.1, 0.15) is 16.7 Å². The van der Waals surface area contributed by atoms with Crippen LogP contribution in [-0.2, 0) is 5.92 Å². The zero-order valence-electron chi connectivity index (χ0n) is 13.5. The highest BCUT2D eigenvalue weighted by atomic mass is 19.3. The highest BCUT2D eigenvalue weighted by Gasteiger charge is 2.40. The normalized spacial score (nSPS) is 11.7. The minimum absolute atomic E-state index is 0.0878. The van der Waals surface area contributed by atoms with Crippen LogP contribution in [0.3, 0.4) is 0 Å². The predicted octanol–water partition coefficient (Wildman–Crippen LogP) is 6.36. The molecule has 3 aromatic carbocycles. The van der Waals surface area contributed by atoms with Gasteiger partial charge in [0.05, 0.1) is 5.56 Å². The predicted molar refractivity (Wildman–Crippen MR) is 85.9 cm³/mol. The molecule has 0 nitrogen and oxygen atoms in total. The van der Waals surface area contributed by atoms with Crippen LogP contribution in [0.15, 0.2) is 54.6 Å². The maximum Gasteiger partial charge on any atom is 0.304 e. The summed E-state index contributed by atoms with van der Waals surface area (Å²) >= 11 is 0. The van der Waals surface area contributed by atoms with Gasteiger partial charge in [-0.2, -0.15) is 8.78 Å². The monoisotopic (exact) mass is 366 g/mol. The Morgan fingerprint density at radius 1 is 0.615 bits per heavy atom. The summed E-state index contributed by atoms with van der Waals surface area (Å²) in [7, 11) is 0. The van der Waals surface area contributed by atoms with E-state index >= 15 is 0 Å². The van der Waals surface area contributed by atoms with Gasteiger partial charge in [0.1, 0.15) is 11.6 Å². The number of alkyl halides is 2. The fourth-order valence-corrected chi connectivity index (χ4v) is 2.62. The molecule has 0 aromatic heterocycles. The fraction of sp³-hybridized carbons (Fsp3) is 0.100. The number of halogens is 6. The summed E-state index contributed by atoms with van der Waals surface area (Å²) in [6, 6.07) is 9.52. The minimum atomic E-state index is -4.17. The highest BCUT2D eigenvalue weighted by Crippen LogP contribution is 2.40. The second-order valence-corrected chi connectivity index (χ2v) is 5.88. The van der Waals surface area contributed by atoms with Crippen molar-refractivity contribution in [3.63, 3.8) is 0 Å². The third kappa shape index (κ3) is 3.19. The van der Waals surface area contributed by atoms with Crippen molar-refractivity contribution < 1.29 is 26.3 Å². The van der Waals surface area contributed by atoms with Gasteiger partial charge in [0, 0.05) is 5.56 Å². The van der Waals surface area contributed by atoms with Gasteiger partial charge in [-0.3, -0.25) is 0 Å². The lowest BCUT2D eigenvalue weighted by Gasteiger charge is -2.19. The molecular formula is C20H12F6. The molecule has 0 spiro atoms. The van der Waals surface area contributed by atoms with Crippen LogP contribution in [-0.4, -0.2) is 0 Å². The molecule has 0 amide bonds. The smallest absolute Gasteiger partial charge is 0.206 e. The van der Waals surface area contributed by atoms with Crippen molar-refractivity contribution >= 4 is 0 Å². The van der Waals surface area contributed by atoms with E-state index in [1.54, 1.807) is 24.3 Å². The Hall–Kier alpha value is -2.76. The molecule has 0 fully saturated rings. The third-order valence-corrected chi connectivity index (χ3v) is 4.02. The molecule has 26 heavy (non-hydrogen) atoms. The van der Waals surface area contributed by atoms with Crippen molar-refractivity contribution in [2.24, 2.45) is 0 Å². The number of aryl methyl sites for hydroxylation is 1. The maximum atomic E-state index is 14.5. The van der Waals surface area contributed by atoms with Crippen molar-refractivity contribution in [2.45, 2.75) is 12.8 Å². The number of hydrogen-bond acceptors (Lipinski definition) is 0. The molecule has 0 saturated carbocycles. The molecule has 0 saturated heterocycles. The zero-order valence-corrected chi connectivity index (χ0v) is 13.5. The molecule has 0 aliphatic carbocycles. The van der Waals surface area contributed by atoms with Crippen molar-refractivity contribution in [3.05, 3.63) is 94.6 Å². The summed E-state index contributed by atoms with van der Waals surface area (Å²) in [5.74, 6) is -9.99. The average Bonchev–Trinajstić information content (AvgIpc) is 2.57. The molecule has 3 aromatic rings. The minimum Gasteiger partial charge on any atom is -0.206 e. The Labute approximate surface area is 145 Å². The van der Waals surface area contributed by atoms with Gasteiger partial charge in [-0.1, -0.05) is 29.8 Å². The summed E-state index contributed by atoms with van der Waals surface area (Å²) in [5, 5.41) is 0. The quantitative estimate of drug-likeness (QED) is 0.473. The number of hydrogen-bond donors (Lipinski definition) is 0. The summed E-state index contributed by atoms with van der Waals surface area (Å²) in [6.45, 7) is 1.83. The van der Waals surface area contributed by atoms with Crippen molar-refractivity contribution in [2.75, 3.05) is 0 Å². The van der Waals surface area contributed by atoms with E-state index in [1.807, 2.05) is 6.92 Å². The van der Waals surface area contributed by atoms with Crippen LogP contribution in [0.2, 0.25) is 0 Å². The van der Waals surface area contributed by atoms with Gasteiger partial charge in [0.25, 0.3) is 0 Å². The summed E-state index contributed by atoms with van der Waals surface area (Å²) in [6.07, 6.45) is 0. The molecule has 0 aliphatic rings. The molecular weight excluding hydrogens is 354 g/mol. The standard InChI is InChI=1S/C20H12F6/c1-11-2-4-12(5-3-11)13-8-17(23)19(18(24)9-13)20(25,26)14-6-7-15(21)16(22)10-14/h2-10H,1H3. The van der Waals surface area contributed by atoms with Crippen LogP contribution in [0, 0.1) is 30.2 Å². The average molecular weight is 366 g/mol. The zero-order chi connectivity index (χ0) is 19.1. The molecule has 0 N–H and O–H groups in total. The Balaban J connectivity index is 2.10. The third-order valence-electron chi connectivity index (χ3n) is 4.02. The Morgan fingerprint density at radius 2 is 1.19 bits per heavy atom. The largest absolute Gasteiger partial charge is 0.304 e. The van der Waals surface area contributed by atoms with Crippen LogP contribution >= 0.6 is 0 Å². The molecule has 6 heteroatoms. The molecule has 0 radical (unpaired) electrons. The molecule has 0 heterocycles. The molecule has 0 unspecified atom stereocenters. The molecule has 134 valence electrons. The van der Waals surface area contributed by atoms with Gasteiger partial charge in [-0.15, -0.1) is 0 Å². The van der Waals surface area contributed by atoms with Gasteiger partial charge in [-0.05, 0) is 48.4 Å². The van der Waals surface area contributed by atoms with Crippen LogP contribution in [0.5, 0.6) is 0 Å². The van der Waals surface area contributed by atoms with Crippen LogP contribution in [0.25, 0.3) is 11.1 Å². The lowest BCUT2D eigenvalue weighted by molar-refractivity contribution is 0.0343. The lowest BCUT2D eigenvalue weighted by Crippen LogP contribution is -2.20. The van der Waals surface area contributed by atoms with Gasteiger partial charge in [0.15, 0.2) is 11.6 Å². The molecule has 3 rings (SSSR count). The van der Waals surface area contributed by atoms with Crippen molar-refractivity contribution in [1.29, 1.82) is 0 Å². The van der Waals surface area contributed by atoms with Gasteiger partial charge in [0.2, 0.25) is 0 Å². The topological polar surface area (TPSA) is 0 Å². The van der Waals surface area contributed by atoms with Crippen LogP contribution in [0.4, 0.5) is 26.3 Å². The second-order valence-electron chi connectivity index (χ2n) is 5.88. The van der Waals surface area contributed by atoms with Crippen molar-refractivity contribution in [3.8, 4) is 11.1 Å². The van der Waals surface area contributed by atoms with E-state index in [9.17, 15) is 26.3 Å². The fourth-order valence-electron chi connectivity index (χ4n) is 2.62. The van der Waals surface area contributed by atoms with E-state index in [4.69, 9.17) is 0 Å². The van der Waals surface area contributed by atoms with Crippen LogP contribution < -0.4 is 0 Å². The first-order valence-corrected chi connectivity index (χ1v) is 7.60. The molecule has 0 aliphatic heterocycles. The molecule has 0 atom stereocenters. The van der Waals surface area contributed by atoms with Crippen molar-refractivity contribution in [1.82, 2.24) is 0 Å². The van der Waals surface area contributed by atoms with E-state index < -0.39 is 40.3 Å². The van der Waals surface area contributed by atoms with Gasteiger partial charge in [-0.25, -0.2) is 17.6 Å². The first-order chi connectivity index (χ1) is 12.2. The van der Waals surface area contributed by atoms with E-state index in [0.29, 0.717) is 17.7 Å². The van der Waals surface area contributed by atoms with E-state index in [2.05, 4.69) is 0 Å². The first-order valence-electron chi connectivity index (χ1n) is 7.60. The summed E-state index contributed by atoms with van der Waals surface area (Å²) in [5.41, 5.74) is -1.09. The maximum absolute atomic E-state index is 14.5. The second kappa shape index (κ2) is 6.52. The summed E-state index contributed by atoms with van der Waals surface area (Å²) < 4.78 is 84.0. The Bertz CT molecular complexity index is 938. The summed E-state index contributed by atoms with van der Waals surface area (Å²) in [4.78, 5) is 0. The van der Waals surface area contributed by atoms with E-state index in [1.165, 1.54) is 0 Å². The SMILES string of the molecule is Cc1ccc(-c2cc(F)c(C(F)(F)c3ccc(F)c(F)c3)c(F)c2)cc1. The van der Waals surface area contributed by atoms with Gasteiger partial charge >= 0.3 is 5.92 Å².